The van der Waals surface area contributed by atoms with E-state index < -0.39 is 0 Å². The van der Waals surface area contributed by atoms with Crippen molar-refractivity contribution in [2.75, 3.05) is 12.4 Å². The Morgan fingerprint density at radius 3 is 3.12 bits per heavy atom. The van der Waals surface area contributed by atoms with Gasteiger partial charge in [0.05, 0.1) is 11.6 Å². The molecule has 1 atom stereocenters. The van der Waals surface area contributed by atoms with Crippen LogP contribution in [0.5, 0.6) is 0 Å². The van der Waals surface area contributed by atoms with E-state index in [1.165, 1.54) is 0 Å². The van der Waals surface area contributed by atoms with Crippen molar-refractivity contribution in [3.05, 3.63) is 35.4 Å². The van der Waals surface area contributed by atoms with Crippen LogP contribution in [0.15, 0.2) is 24.3 Å². The molecule has 1 aliphatic rings. The van der Waals surface area contributed by atoms with Gasteiger partial charge in [-0.2, -0.15) is 5.26 Å². The van der Waals surface area contributed by atoms with Crippen molar-refractivity contribution in [2.45, 2.75) is 18.9 Å². The van der Waals surface area contributed by atoms with Gasteiger partial charge in [-0.1, -0.05) is 6.07 Å². The fraction of sp³-hybridized carbons (Fsp3) is 0.385. The predicted octanol–water partition coefficient (Wildman–Crippen LogP) is 2.40. The smallest absolute Gasteiger partial charge is 0.254 e. The molecule has 1 saturated heterocycles. The largest absolute Gasteiger partial charge is 0.334 e. The van der Waals surface area contributed by atoms with Crippen LogP contribution in [0.3, 0.4) is 0 Å². The zero-order chi connectivity index (χ0) is 12.3. The lowest BCUT2D eigenvalue weighted by Gasteiger charge is -2.22. The van der Waals surface area contributed by atoms with Crippen LogP contribution in [-0.2, 0) is 0 Å². The molecule has 1 aromatic carbocycles. The number of halogens is 1. The van der Waals surface area contributed by atoms with Gasteiger partial charge in [0, 0.05) is 24.0 Å². The molecule has 1 unspecified atom stereocenters. The van der Waals surface area contributed by atoms with E-state index in [4.69, 9.17) is 16.9 Å². The third-order valence-electron chi connectivity index (χ3n) is 3.05. The molecule has 1 aromatic rings. The van der Waals surface area contributed by atoms with Gasteiger partial charge < -0.3 is 4.90 Å². The highest BCUT2D eigenvalue weighted by molar-refractivity contribution is 6.18. The zero-order valence-corrected chi connectivity index (χ0v) is 10.2. The van der Waals surface area contributed by atoms with Gasteiger partial charge in [-0.3, -0.25) is 4.79 Å². The number of nitriles is 1. The Morgan fingerprint density at radius 2 is 2.41 bits per heavy atom. The Kier molecular flexibility index (Phi) is 3.65. The number of carbonyl (C=O) groups excluding carboxylic acids is 1. The van der Waals surface area contributed by atoms with E-state index in [0.717, 1.165) is 19.4 Å². The molecule has 4 heteroatoms. The molecule has 1 aliphatic heterocycles. The van der Waals surface area contributed by atoms with E-state index in [0.29, 0.717) is 17.0 Å². The lowest BCUT2D eigenvalue weighted by atomic mass is 10.1. The minimum absolute atomic E-state index is 0.0229. The molecule has 0 radical (unpaired) electrons. The molecule has 3 nitrogen and oxygen atoms in total. The third-order valence-corrected chi connectivity index (χ3v) is 3.41. The number of carbonyl (C=O) groups is 1. The molecule has 0 N–H and O–H groups in total. The van der Waals surface area contributed by atoms with E-state index in [1.54, 1.807) is 24.3 Å². The number of benzene rings is 1. The van der Waals surface area contributed by atoms with Gasteiger partial charge in [0.25, 0.3) is 5.91 Å². The van der Waals surface area contributed by atoms with Crippen LogP contribution >= 0.6 is 11.6 Å². The van der Waals surface area contributed by atoms with Gasteiger partial charge in [-0.15, -0.1) is 11.6 Å². The fourth-order valence-corrected chi connectivity index (χ4v) is 2.47. The standard InChI is InChI=1S/C13H13ClN2O/c14-8-12-5-2-6-16(12)13(17)11-4-1-3-10(7-11)9-15/h1,3-4,7,12H,2,5-6,8H2. The summed E-state index contributed by atoms with van der Waals surface area (Å²) in [5.74, 6) is 0.453. The van der Waals surface area contributed by atoms with Crippen molar-refractivity contribution in [3.8, 4) is 6.07 Å². The number of nitrogens with zero attached hydrogens (tertiary/aromatic N) is 2. The van der Waals surface area contributed by atoms with Gasteiger partial charge in [-0.25, -0.2) is 0 Å². The number of hydrogen-bond acceptors (Lipinski definition) is 2. The average molecular weight is 249 g/mol. The molecule has 1 fully saturated rings. The first kappa shape index (κ1) is 11.9. The summed E-state index contributed by atoms with van der Waals surface area (Å²) in [6, 6.07) is 8.98. The Bertz CT molecular complexity index is 467. The maximum absolute atomic E-state index is 12.2. The summed E-state index contributed by atoms with van der Waals surface area (Å²) >= 11 is 5.85. The summed E-state index contributed by atoms with van der Waals surface area (Å²) in [4.78, 5) is 14.1. The lowest BCUT2D eigenvalue weighted by Crippen LogP contribution is -2.36. The molecule has 2 rings (SSSR count). The maximum Gasteiger partial charge on any atom is 0.254 e. The van der Waals surface area contributed by atoms with Crippen LogP contribution < -0.4 is 0 Å². The molecule has 0 saturated carbocycles. The van der Waals surface area contributed by atoms with Crippen LogP contribution in [0.1, 0.15) is 28.8 Å². The second-order valence-corrected chi connectivity index (χ2v) is 4.45. The van der Waals surface area contributed by atoms with Crippen LogP contribution in [0.2, 0.25) is 0 Å². The number of likely N-dealkylation sites (tertiary alicyclic amines) is 1. The van der Waals surface area contributed by atoms with Crippen molar-refractivity contribution in [3.63, 3.8) is 0 Å². The van der Waals surface area contributed by atoms with E-state index in [9.17, 15) is 4.79 Å². The van der Waals surface area contributed by atoms with Crippen LogP contribution in [0.25, 0.3) is 0 Å². The molecule has 0 bridgehead atoms. The molecule has 1 amide bonds. The molecular formula is C13H13ClN2O. The summed E-state index contributed by atoms with van der Waals surface area (Å²) < 4.78 is 0. The van der Waals surface area contributed by atoms with Crippen molar-refractivity contribution in [2.24, 2.45) is 0 Å². The van der Waals surface area contributed by atoms with Gasteiger partial charge in [-0.05, 0) is 31.0 Å². The first-order chi connectivity index (χ1) is 8.26. The average Bonchev–Trinajstić information content (AvgIpc) is 2.86. The van der Waals surface area contributed by atoms with Crippen molar-refractivity contribution >= 4 is 17.5 Å². The summed E-state index contributed by atoms with van der Waals surface area (Å²) in [7, 11) is 0. The van der Waals surface area contributed by atoms with E-state index in [-0.39, 0.29) is 11.9 Å². The van der Waals surface area contributed by atoms with E-state index >= 15 is 0 Å². The highest BCUT2D eigenvalue weighted by atomic mass is 35.5. The Morgan fingerprint density at radius 1 is 1.59 bits per heavy atom. The van der Waals surface area contributed by atoms with E-state index in [1.807, 2.05) is 11.0 Å². The van der Waals surface area contributed by atoms with Gasteiger partial charge in [0.15, 0.2) is 0 Å². The summed E-state index contributed by atoms with van der Waals surface area (Å²) in [6.07, 6.45) is 1.97. The molecule has 0 aliphatic carbocycles. The highest BCUT2D eigenvalue weighted by Crippen LogP contribution is 2.21. The monoisotopic (exact) mass is 248 g/mol. The second-order valence-electron chi connectivity index (χ2n) is 4.14. The molecule has 0 aromatic heterocycles. The van der Waals surface area contributed by atoms with Crippen molar-refractivity contribution in [1.82, 2.24) is 4.90 Å². The third kappa shape index (κ3) is 2.42. The summed E-state index contributed by atoms with van der Waals surface area (Å²) in [5, 5.41) is 8.81. The molecule has 88 valence electrons. The maximum atomic E-state index is 12.2. The molecule has 0 spiro atoms. The number of amides is 1. The minimum Gasteiger partial charge on any atom is -0.334 e. The minimum atomic E-state index is -0.0229. The summed E-state index contributed by atoms with van der Waals surface area (Å²) in [5.41, 5.74) is 1.08. The Labute approximate surface area is 106 Å². The van der Waals surface area contributed by atoms with Crippen LogP contribution in [0, 0.1) is 11.3 Å². The Balaban J connectivity index is 2.22. The first-order valence-electron chi connectivity index (χ1n) is 5.63. The number of rotatable bonds is 2. The lowest BCUT2D eigenvalue weighted by molar-refractivity contribution is 0.0749. The number of alkyl halides is 1. The quantitative estimate of drug-likeness (QED) is 0.755. The van der Waals surface area contributed by atoms with Gasteiger partial charge in [0.1, 0.15) is 0 Å². The van der Waals surface area contributed by atoms with Gasteiger partial charge >= 0.3 is 0 Å². The highest BCUT2D eigenvalue weighted by Gasteiger charge is 2.28. The van der Waals surface area contributed by atoms with Crippen molar-refractivity contribution < 1.29 is 4.79 Å². The fourth-order valence-electron chi connectivity index (χ4n) is 2.15. The van der Waals surface area contributed by atoms with E-state index in [2.05, 4.69) is 0 Å². The Hall–Kier alpha value is -1.53. The summed E-state index contributed by atoms with van der Waals surface area (Å²) in [6.45, 7) is 0.757. The second kappa shape index (κ2) is 5.20. The molecule has 17 heavy (non-hydrogen) atoms. The van der Waals surface area contributed by atoms with Crippen LogP contribution in [0.4, 0.5) is 0 Å². The topological polar surface area (TPSA) is 44.1 Å². The SMILES string of the molecule is N#Cc1cccc(C(=O)N2CCCC2CCl)c1. The zero-order valence-electron chi connectivity index (χ0n) is 9.40. The van der Waals surface area contributed by atoms with Crippen molar-refractivity contribution in [1.29, 1.82) is 5.26 Å². The molecule has 1 heterocycles. The predicted molar refractivity (Wildman–Crippen MR) is 65.9 cm³/mol. The first-order valence-corrected chi connectivity index (χ1v) is 6.17. The number of hydrogen-bond donors (Lipinski definition) is 0. The van der Waals surface area contributed by atoms with Gasteiger partial charge in [0.2, 0.25) is 0 Å². The normalized spacial score (nSPS) is 19.1. The molecular weight excluding hydrogens is 236 g/mol. The van der Waals surface area contributed by atoms with Crippen LogP contribution in [-0.4, -0.2) is 29.3 Å².